The van der Waals surface area contributed by atoms with E-state index in [2.05, 4.69) is 38.0 Å². The number of hydrogen-bond acceptors (Lipinski definition) is 2. The molecule has 128 valence electrons. The Kier molecular flexibility index (Phi) is 4.84. The molecule has 1 aromatic heterocycles. The highest BCUT2D eigenvalue weighted by molar-refractivity contribution is 6.10. The minimum atomic E-state index is -0.0637. The summed E-state index contributed by atoms with van der Waals surface area (Å²) < 4.78 is 0. The molecule has 3 rings (SSSR count). The summed E-state index contributed by atoms with van der Waals surface area (Å²) in [5.41, 5.74) is 4.51. The quantitative estimate of drug-likeness (QED) is 0.662. The van der Waals surface area contributed by atoms with Crippen LogP contribution in [-0.2, 0) is 0 Å². The monoisotopic (exact) mass is 332 g/mol. The van der Waals surface area contributed by atoms with Gasteiger partial charge in [-0.2, -0.15) is 0 Å². The van der Waals surface area contributed by atoms with Crippen LogP contribution in [0.4, 0.5) is 5.69 Å². The zero-order valence-electron chi connectivity index (χ0n) is 15.2. The van der Waals surface area contributed by atoms with Gasteiger partial charge in [0.25, 0.3) is 5.91 Å². The van der Waals surface area contributed by atoms with Gasteiger partial charge in [-0.05, 0) is 35.1 Å². The Labute approximate surface area is 149 Å². The maximum absolute atomic E-state index is 13.2. The molecule has 0 aliphatic rings. The number of benzene rings is 2. The number of anilines is 1. The summed E-state index contributed by atoms with van der Waals surface area (Å²) in [5, 5.41) is 4.11. The first-order valence-electron chi connectivity index (χ1n) is 8.77. The first kappa shape index (κ1) is 17.2. The third-order valence-corrected chi connectivity index (χ3v) is 4.48. The molecule has 0 saturated heterocycles. The van der Waals surface area contributed by atoms with Gasteiger partial charge in [-0.15, -0.1) is 0 Å². The number of hydrogen-bond donors (Lipinski definition) is 1. The van der Waals surface area contributed by atoms with E-state index in [1.807, 2.05) is 48.5 Å². The fourth-order valence-electron chi connectivity index (χ4n) is 3.20. The highest BCUT2D eigenvalue weighted by Gasteiger charge is 2.20. The lowest BCUT2D eigenvalue weighted by Gasteiger charge is -2.19. The molecule has 0 aliphatic carbocycles. The van der Waals surface area contributed by atoms with Gasteiger partial charge in [0.05, 0.1) is 11.2 Å². The fourth-order valence-corrected chi connectivity index (χ4v) is 3.20. The maximum Gasteiger partial charge on any atom is 0.256 e. The summed E-state index contributed by atoms with van der Waals surface area (Å²) in [6.07, 6.45) is 1.75. The second-order valence-electron chi connectivity index (χ2n) is 6.96. The molecule has 0 unspecified atom stereocenters. The van der Waals surface area contributed by atoms with Gasteiger partial charge >= 0.3 is 0 Å². The second-order valence-corrected chi connectivity index (χ2v) is 6.96. The van der Waals surface area contributed by atoms with Crippen molar-refractivity contribution in [3.05, 3.63) is 71.4 Å². The molecule has 0 spiro atoms. The molecule has 2 aromatic carbocycles. The standard InChI is InChI=1S/C22H24N2O/c1-14(2)17-10-6-11-18(15(3)4)20(17)22(25)24-19-12-5-8-16-9-7-13-23-21(16)19/h5-15H,1-4H3,(H,24,25). The molecule has 0 bridgehead atoms. The Morgan fingerprint density at radius 2 is 1.48 bits per heavy atom. The lowest BCUT2D eigenvalue weighted by Crippen LogP contribution is -2.18. The van der Waals surface area contributed by atoms with E-state index >= 15 is 0 Å². The maximum atomic E-state index is 13.2. The molecule has 3 nitrogen and oxygen atoms in total. The van der Waals surface area contributed by atoms with Crippen LogP contribution in [0, 0.1) is 0 Å². The number of nitrogens with zero attached hydrogens (tertiary/aromatic N) is 1. The molecular formula is C22H24N2O. The van der Waals surface area contributed by atoms with Gasteiger partial charge in [0, 0.05) is 17.1 Å². The molecule has 0 radical (unpaired) electrons. The molecule has 0 atom stereocenters. The number of para-hydroxylation sites is 1. The van der Waals surface area contributed by atoms with Crippen LogP contribution in [0.1, 0.15) is 61.0 Å². The molecule has 1 heterocycles. The van der Waals surface area contributed by atoms with Gasteiger partial charge in [-0.1, -0.05) is 64.1 Å². The largest absolute Gasteiger partial charge is 0.320 e. The van der Waals surface area contributed by atoms with Gasteiger partial charge in [-0.3, -0.25) is 9.78 Å². The minimum Gasteiger partial charge on any atom is -0.320 e. The van der Waals surface area contributed by atoms with Crippen molar-refractivity contribution in [2.45, 2.75) is 39.5 Å². The number of rotatable bonds is 4. The average Bonchev–Trinajstić information content (AvgIpc) is 2.61. The smallest absolute Gasteiger partial charge is 0.256 e. The van der Waals surface area contributed by atoms with Crippen molar-refractivity contribution in [2.75, 3.05) is 5.32 Å². The molecule has 0 fully saturated rings. The number of fused-ring (bicyclic) bond motifs is 1. The van der Waals surface area contributed by atoms with E-state index in [1.165, 1.54) is 0 Å². The first-order chi connectivity index (χ1) is 12.0. The van der Waals surface area contributed by atoms with Crippen LogP contribution in [-0.4, -0.2) is 10.9 Å². The fraction of sp³-hybridized carbons (Fsp3) is 0.273. The Bertz CT molecular complexity index is 881. The number of nitrogens with one attached hydrogen (secondary N) is 1. The molecule has 1 N–H and O–H groups in total. The Hall–Kier alpha value is -2.68. The number of pyridine rings is 1. The number of amides is 1. The number of carbonyl (C=O) groups is 1. The summed E-state index contributed by atoms with van der Waals surface area (Å²) in [6, 6.07) is 15.9. The van der Waals surface area contributed by atoms with Crippen molar-refractivity contribution in [1.82, 2.24) is 4.98 Å². The first-order valence-corrected chi connectivity index (χ1v) is 8.77. The van der Waals surface area contributed by atoms with E-state index in [-0.39, 0.29) is 17.7 Å². The predicted molar refractivity (Wildman–Crippen MR) is 104 cm³/mol. The Morgan fingerprint density at radius 1 is 0.880 bits per heavy atom. The van der Waals surface area contributed by atoms with Gasteiger partial charge in [0.15, 0.2) is 0 Å². The van der Waals surface area contributed by atoms with Crippen LogP contribution in [0.2, 0.25) is 0 Å². The highest BCUT2D eigenvalue weighted by Crippen LogP contribution is 2.29. The van der Waals surface area contributed by atoms with E-state index < -0.39 is 0 Å². The van der Waals surface area contributed by atoms with Crippen LogP contribution in [0.15, 0.2) is 54.7 Å². The van der Waals surface area contributed by atoms with Crippen molar-refractivity contribution in [3.8, 4) is 0 Å². The average molecular weight is 332 g/mol. The van der Waals surface area contributed by atoms with Crippen molar-refractivity contribution in [1.29, 1.82) is 0 Å². The normalized spacial score (nSPS) is 11.3. The molecule has 0 saturated carbocycles. The van der Waals surface area contributed by atoms with Crippen LogP contribution in [0.25, 0.3) is 10.9 Å². The highest BCUT2D eigenvalue weighted by atomic mass is 16.1. The van der Waals surface area contributed by atoms with E-state index in [1.54, 1.807) is 6.20 Å². The molecule has 3 aromatic rings. The second kappa shape index (κ2) is 7.06. The van der Waals surface area contributed by atoms with Crippen molar-refractivity contribution >= 4 is 22.5 Å². The van der Waals surface area contributed by atoms with E-state index in [4.69, 9.17) is 0 Å². The topological polar surface area (TPSA) is 42.0 Å². The van der Waals surface area contributed by atoms with Crippen molar-refractivity contribution in [2.24, 2.45) is 0 Å². The summed E-state index contributed by atoms with van der Waals surface area (Å²) in [4.78, 5) is 17.6. The van der Waals surface area contributed by atoms with Gasteiger partial charge in [0.2, 0.25) is 0 Å². The molecule has 25 heavy (non-hydrogen) atoms. The van der Waals surface area contributed by atoms with E-state index in [0.29, 0.717) is 0 Å². The SMILES string of the molecule is CC(C)c1cccc(C(C)C)c1C(=O)Nc1cccc2cccnc12. The zero-order valence-corrected chi connectivity index (χ0v) is 15.2. The summed E-state index contributed by atoms with van der Waals surface area (Å²) in [6.45, 7) is 8.48. The lowest BCUT2D eigenvalue weighted by molar-refractivity contribution is 0.102. The van der Waals surface area contributed by atoms with Crippen LogP contribution in [0.3, 0.4) is 0 Å². The molecule has 3 heteroatoms. The van der Waals surface area contributed by atoms with E-state index in [0.717, 1.165) is 33.3 Å². The van der Waals surface area contributed by atoms with Gasteiger partial charge in [-0.25, -0.2) is 0 Å². The minimum absolute atomic E-state index is 0.0637. The molecular weight excluding hydrogens is 308 g/mol. The van der Waals surface area contributed by atoms with Crippen molar-refractivity contribution < 1.29 is 4.79 Å². The van der Waals surface area contributed by atoms with Crippen molar-refractivity contribution in [3.63, 3.8) is 0 Å². The Morgan fingerprint density at radius 3 is 2.12 bits per heavy atom. The third kappa shape index (κ3) is 3.41. The number of aromatic nitrogens is 1. The number of carbonyl (C=O) groups excluding carboxylic acids is 1. The third-order valence-electron chi connectivity index (χ3n) is 4.48. The van der Waals surface area contributed by atoms with Crippen LogP contribution < -0.4 is 5.32 Å². The summed E-state index contributed by atoms with van der Waals surface area (Å²) in [5.74, 6) is 0.501. The van der Waals surface area contributed by atoms with Gasteiger partial charge < -0.3 is 5.32 Å². The molecule has 1 amide bonds. The summed E-state index contributed by atoms with van der Waals surface area (Å²) in [7, 11) is 0. The van der Waals surface area contributed by atoms with Gasteiger partial charge in [0.1, 0.15) is 0 Å². The van der Waals surface area contributed by atoms with Crippen LogP contribution in [0.5, 0.6) is 0 Å². The summed E-state index contributed by atoms with van der Waals surface area (Å²) >= 11 is 0. The Balaban J connectivity index is 2.07. The zero-order chi connectivity index (χ0) is 18.0. The molecule has 0 aliphatic heterocycles. The van der Waals surface area contributed by atoms with Crippen LogP contribution >= 0.6 is 0 Å². The van der Waals surface area contributed by atoms with E-state index in [9.17, 15) is 4.79 Å². The lowest BCUT2D eigenvalue weighted by atomic mass is 9.88. The predicted octanol–water partition coefficient (Wildman–Crippen LogP) is 5.73.